The third-order valence-corrected chi connectivity index (χ3v) is 3.30. The van der Waals surface area contributed by atoms with Crippen LogP contribution in [0.1, 0.15) is 30.5 Å². The molecule has 0 amide bonds. The van der Waals surface area contributed by atoms with Gasteiger partial charge >= 0.3 is 0 Å². The summed E-state index contributed by atoms with van der Waals surface area (Å²) in [7, 11) is 2.89. The molecule has 0 aliphatic heterocycles. The van der Waals surface area contributed by atoms with Crippen LogP contribution < -0.4 is 9.47 Å². The molecular formula is C14H20F2O2. The average molecular weight is 258 g/mol. The van der Waals surface area contributed by atoms with Gasteiger partial charge < -0.3 is 9.47 Å². The fourth-order valence-corrected chi connectivity index (χ4v) is 1.90. The number of hydrogen-bond acceptors (Lipinski definition) is 2. The maximum absolute atomic E-state index is 14.2. The van der Waals surface area contributed by atoms with Crippen LogP contribution in [0.3, 0.4) is 0 Å². The van der Waals surface area contributed by atoms with Crippen LogP contribution in [0.5, 0.6) is 11.5 Å². The normalized spacial score (nSPS) is 11.8. The van der Waals surface area contributed by atoms with Crippen molar-refractivity contribution in [2.24, 2.45) is 5.92 Å². The molecule has 0 aromatic heterocycles. The lowest BCUT2D eigenvalue weighted by Gasteiger charge is -2.25. The number of rotatable bonds is 4. The molecule has 0 heterocycles. The Morgan fingerprint density at radius 3 is 2.00 bits per heavy atom. The van der Waals surface area contributed by atoms with Crippen molar-refractivity contribution in [1.82, 2.24) is 0 Å². The largest absolute Gasteiger partial charge is 0.496 e. The lowest BCUT2D eigenvalue weighted by Crippen LogP contribution is -2.22. The van der Waals surface area contributed by atoms with Gasteiger partial charge in [0.15, 0.2) is 0 Å². The second-order valence-electron chi connectivity index (χ2n) is 4.69. The summed E-state index contributed by atoms with van der Waals surface area (Å²) in [5.41, 5.74) is 1.39. The summed E-state index contributed by atoms with van der Waals surface area (Å²) >= 11 is 0. The highest BCUT2D eigenvalue weighted by molar-refractivity contribution is 5.54. The molecule has 102 valence electrons. The Kier molecular flexibility index (Phi) is 4.20. The van der Waals surface area contributed by atoms with Gasteiger partial charge in [-0.05, 0) is 31.0 Å². The second kappa shape index (κ2) is 5.12. The van der Waals surface area contributed by atoms with Crippen LogP contribution in [0.4, 0.5) is 8.78 Å². The van der Waals surface area contributed by atoms with Crippen molar-refractivity contribution in [1.29, 1.82) is 0 Å². The van der Waals surface area contributed by atoms with E-state index in [0.29, 0.717) is 11.3 Å². The fraction of sp³-hybridized carbons (Fsp3) is 0.571. The first-order valence-corrected chi connectivity index (χ1v) is 5.87. The number of benzene rings is 1. The van der Waals surface area contributed by atoms with E-state index < -0.39 is 11.8 Å². The molecule has 1 aromatic carbocycles. The average Bonchev–Trinajstić information content (AvgIpc) is 2.31. The van der Waals surface area contributed by atoms with Crippen molar-refractivity contribution in [2.45, 2.75) is 33.6 Å². The monoisotopic (exact) mass is 258 g/mol. The molecule has 0 aliphatic carbocycles. The highest BCUT2D eigenvalue weighted by atomic mass is 19.3. The third kappa shape index (κ3) is 2.28. The van der Waals surface area contributed by atoms with Gasteiger partial charge in [-0.3, -0.25) is 0 Å². The number of ether oxygens (including phenoxy) is 2. The fourth-order valence-electron chi connectivity index (χ4n) is 1.90. The van der Waals surface area contributed by atoms with E-state index in [9.17, 15) is 8.78 Å². The number of hydrogen-bond donors (Lipinski definition) is 0. The highest BCUT2D eigenvalue weighted by Crippen LogP contribution is 2.45. The summed E-state index contributed by atoms with van der Waals surface area (Å²) in [6, 6.07) is 1.38. The molecule has 0 saturated carbocycles. The van der Waals surface area contributed by atoms with Gasteiger partial charge in [0.1, 0.15) is 11.5 Å². The molecule has 2 nitrogen and oxygen atoms in total. The lowest BCUT2D eigenvalue weighted by molar-refractivity contribution is -0.0533. The first kappa shape index (κ1) is 14.7. The van der Waals surface area contributed by atoms with Gasteiger partial charge in [-0.25, -0.2) is 8.78 Å². The molecule has 18 heavy (non-hydrogen) atoms. The van der Waals surface area contributed by atoms with E-state index in [1.54, 1.807) is 6.92 Å². The molecule has 0 unspecified atom stereocenters. The number of halogens is 2. The van der Waals surface area contributed by atoms with Crippen molar-refractivity contribution in [3.63, 3.8) is 0 Å². The maximum Gasteiger partial charge on any atom is 0.279 e. The smallest absolute Gasteiger partial charge is 0.279 e. The Labute approximate surface area is 107 Å². The molecule has 4 heteroatoms. The second-order valence-corrected chi connectivity index (χ2v) is 4.69. The zero-order chi connectivity index (χ0) is 14.1. The van der Waals surface area contributed by atoms with E-state index in [1.165, 1.54) is 34.1 Å². The third-order valence-electron chi connectivity index (χ3n) is 3.30. The van der Waals surface area contributed by atoms with E-state index in [2.05, 4.69) is 0 Å². The minimum Gasteiger partial charge on any atom is -0.496 e. The molecule has 0 aliphatic rings. The van der Waals surface area contributed by atoms with Crippen molar-refractivity contribution >= 4 is 0 Å². The minimum absolute atomic E-state index is 0.111. The van der Waals surface area contributed by atoms with E-state index in [4.69, 9.17) is 9.47 Å². The highest BCUT2D eigenvalue weighted by Gasteiger charge is 2.39. The molecule has 0 fully saturated rings. The molecule has 1 aromatic rings. The van der Waals surface area contributed by atoms with Gasteiger partial charge in [0.2, 0.25) is 0 Å². The summed E-state index contributed by atoms with van der Waals surface area (Å²) in [6.07, 6.45) is 0. The van der Waals surface area contributed by atoms with Crippen molar-refractivity contribution < 1.29 is 18.3 Å². The van der Waals surface area contributed by atoms with Crippen LogP contribution in [0, 0.1) is 19.8 Å². The molecule has 0 spiro atoms. The van der Waals surface area contributed by atoms with E-state index >= 15 is 0 Å². The van der Waals surface area contributed by atoms with Gasteiger partial charge in [-0.2, -0.15) is 0 Å². The Hall–Kier alpha value is -1.32. The van der Waals surface area contributed by atoms with E-state index in [-0.39, 0.29) is 11.3 Å². The van der Waals surface area contributed by atoms with Crippen LogP contribution in [-0.4, -0.2) is 14.2 Å². The Balaban J connectivity index is 3.57. The van der Waals surface area contributed by atoms with Crippen LogP contribution >= 0.6 is 0 Å². The standard InChI is InChI=1S/C14H20F2O2/c1-8(2)14(15,16)11-7-12(17-5)9(3)10(4)13(11)18-6/h7-8H,1-6H3. The molecule has 0 N–H and O–H groups in total. The molecule has 0 radical (unpaired) electrons. The Bertz CT molecular complexity index is 440. The number of alkyl halides is 2. The van der Waals surface area contributed by atoms with Gasteiger partial charge in [0, 0.05) is 5.92 Å². The summed E-state index contributed by atoms with van der Waals surface area (Å²) in [4.78, 5) is 0. The predicted molar refractivity (Wildman–Crippen MR) is 67.8 cm³/mol. The molecule has 0 saturated heterocycles. The van der Waals surface area contributed by atoms with Crippen LogP contribution in [0.2, 0.25) is 0 Å². The molecule has 0 bridgehead atoms. The van der Waals surface area contributed by atoms with Gasteiger partial charge in [0.25, 0.3) is 5.92 Å². The summed E-state index contributed by atoms with van der Waals surface area (Å²) in [5, 5.41) is 0. The Morgan fingerprint density at radius 2 is 1.61 bits per heavy atom. The first-order chi connectivity index (χ1) is 8.27. The Morgan fingerprint density at radius 1 is 1.06 bits per heavy atom. The van der Waals surface area contributed by atoms with Crippen molar-refractivity contribution in [3.8, 4) is 11.5 Å². The van der Waals surface area contributed by atoms with Crippen LogP contribution in [-0.2, 0) is 5.92 Å². The SMILES string of the molecule is COc1cc(C(F)(F)C(C)C)c(OC)c(C)c1C. The van der Waals surface area contributed by atoms with Gasteiger partial charge in [-0.1, -0.05) is 13.8 Å². The van der Waals surface area contributed by atoms with Gasteiger partial charge in [0.05, 0.1) is 19.8 Å². The minimum atomic E-state index is -2.95. The molecule has 0 atom stereocenters. The quantitative estimate of drug-likeness (QED) is 0.810. The van der Waals surface area contributed by atoms with Gasteiger partial charge in [-0.15, -0.1) is 0 Å². The summed E-state index contributed by atoms with van der Waals surface area (Å²) < 4.78 is 38.7. The maximum atomic E-state index is 14.2. The lowest BCUT2D eigenvalue weighted by atomic mass is 9.93. The predicted octanol–water partition coefficient (Wildman–Crippen LogP) is 4.07. The van der Waals surface area contributed by atoms with Crippen LogP contribution in [0.25, 0.3) is 0 Å². The number of methoxy groups -OCH3 is 2. The molecular weight excluding hydrogens is 238 g/mol. The van der Waals surface area contributed by atoms with Crippen molar-refractivity contribution in [3.05, 3.63) is 22.8 Å². The molecule has 1 rings (SSSR count). The summed E-state index contributed by atoms with van der Waals surface area (Å²) in [5.74, 6) is -3.05. The zero-order valence-electron chi connectivity index (χ0n) is 11.7. The van der Waals surface area contributed by atoms with Crippen LogP contribution in [0.15, 0.2) is 6.07 Å². The summed E-state index contributed by atoms with van der Waals surface area (Å²) in [6.45, 7) is 6.56. The zero-order valence-corrected chi connectivity index (χ0v) is 11.7. The van der Waals surface area contributed by atoms with E-state index in [1.807, 2.05) is 6.92 Å². The van der Waals surface area contributed by atoms with E-state index in [0.717, 1.165) is 5.56 Å². The topological polar surface area (TPSA) is 18.5 Å². The first-order valence-electron chi connectivity index (χ1n) is 5.87. The van der Waals surface area contributed by atoms with Crippen molar-refractivity contribution in [2.75, 3.05) is 14.2 Å².